The van der Waals surface area contributed by atoms with Gasteiger partial charge in [0, 0.05) is 16.6 Å². The van der Waals surface area contributed by atoms with Gasteiger partial charge in [0.1, 0.15) is 5.75 Å². The molecule has 0 saturated heterocycles. The van der Waals surface area contributed by atoms with Crippen LogP contribution in [0.4, 0.5) is 5.69 Å². The Morgan fingerprint density at radius 2 is 1.88 bits per heavy atom. The molecule has 1 amide bonds. The Bertz CT molecular complexity index is 681. The minimum atomic E-state index is 0.00672. The Hall–Kier alpha value is -1.81. The van der Waals surface area contributed by atoms with Crippen LogP contribution in [0.1, 0.15) is 43.7 Å². The summed E-state index contributed by atoms with van der Waals surface area (Å²) in [7, 11) is 0. The van der Waals surface area contributed by atoms with E-state index in [1.165, 1.54) is 11.1 Å². The van der Waals surface area contributed by atoms with Crippen molar-refractivity contribution in [2.75, 3.05) is 11.9 Å². The summed E-state index contributed by atoms with van der Waals surface area (Å²) in [6.45, 7) is 7.02. The molecule has 0 saturated carbocycles. The summed E-state index contributed by atoms with van der Waals surface area (Å²) in [6, 6.07) is 13.7. The highest BCUT2D eigenvalue weighted by molar-refractivity contribution is 9.10. The molecule has 0 aromatic heterocycles. The van der Waals surface area contributed by atoms with Gasteiger partial charge in [-0.05, 0) is 66.8 Å². The summed E-state index contributed by atoms with van der Waals surface area (Å²) in [6.07, 6.45) is 1.13. The van der Waals surface area contributed by atoms with E-state index in [0.29, 0.717) is 25.4 Å². The predicted molar refractivity (Wildman–Crippen MR) is 103 cm³/mol. The molecule has 128 valence electrons. The van der Waals surface area contributed by atoms with Gasteiger partial charge in [-0.25, -0.2) is 0 Å². The molecule has 0 fully saturated rings. The number of carbonyl (C=O) groups is 1. The first kappa shape index (κ1) is 18.5. The highest BCUT2D eigenvalue weighted by Crippen LogP contribution is 2.23. The SMILES string of the molecule is Cc1cc(OCCCC(=O)Nc2ccc(Br)cc2)ccc1C(C)C. The zero-order valence-electron chi connectivity index (χ0n) is 14.4. The lowest BCUT2D eigenvalue weighted by Crippen LogP contribution is -2.12. The molecular weight excluding hydrogens is 366 g/mol. The third kappa shape index (κ3) is 5.68. The average molecular weight is 390 g/mol. The fourth-order valence-corrected chi connectivity index (χ4v) is 2.83. The first-order valence-corrected chi connectivity index (χ1v) is 9.04. The van der Waals surface area contributed by atoms with Crippen molar-refractivity contribution in [2.24, 2.45) is 0 Å². The number of nitrogens with one attached hydrogen (secondary N) is 1. The van der Waals surface area contributed by atoms with Gasteiger partial charge < -0.3 is 10.1 Å². The van der Waals surface area contributed by atoms with Crippen molar-refractivity contribution >= 4 is 27.5 Å². The molecule has 2 rings (SSSR count). The fourth-order valence-electron chi connectivity index (χ4n) is 2.57. The van der Waals surface area contributed by atoms with Crippen molar-refractivity contribution in [1.29, 1.82) is 0 Å². The largest absolute Gasteiger partial charge is 0.494 e. The van der Waals surface area contributed by atoms with E-state index in [4.69, 9.17) is 4.74 Å². The molecule has 0 aliphatic carbocycles. The third-order valence-corrected chi connectivity index (χ3v) is 4.34. The van der Waals surface area contributed by atoms with Crippen LogP contribution in [0, 0.1) is 6.92 Å². The van der Waals surface area contributed by atoms with Crippen molar-refractivity contribution in [3.8, 4) is 5.75 Å². The highest BCUT2D eigenvalue weighted by Gasteiger charge is 2.06. The molecule has 0 spiro atoms. The van der Waals surface area contributed by atoms with E-state index in [-0.39, 0.29) is 5.91 Å². The van der Waals surface area contributed by atoms with Crippen molar-refractivity contribution in [2.45, 2.75) is 39.5 Å². The topological polar surface area (TPSA) is 38.3 Å². The smallest absolute Gasteiger partial charge is 0.224 e. The number of benzene rings is 2. The molecule has 0 atom stereocenters. The van der Waals surface area contributed by atoms with Gasteiger partial charge in [-0.3, -0.25) is 4.79 Å². The minimum Gasteiger partial charge on any atom is -0.494 e. The summed E-state index contributed by atoms with van der Waals surface area (Å²) in [5.41, 5.74) is 3.40. The van der Waals surface area contributed by atoms with Gasteiger partial charge in [0.25, 0.3) is 0 Å². The van der Waals surface area contributed by atoms with Crippen LogP contribution in [0.5, 0.6) is 5.75 Å². The van der Waals surface area contributed by atoms with Crippen LogP contribution in [0.15, 0.2) is 46.9 Å². The highest BCUT2D eigenvalue weighted by atomic mass is 79.9. The molecule has 0 aliphatic heterocycles. The zero-order chi connectivity index (χ0) is 17.5. The molecule has 0 bridgehead atoms. The molecule has 2 aromatic rings. The Labute approximate surface area is 152 Å². The molecular formula is C20H24BrNO2. The van der Waals surface area contributed by atoms with Crippen LogP contribution in [0.25, 0.3) is 0 Å². The second-order valence-corrected chi connectivity index (χ2v) is 7.10. The lowest BCUT2D eigenvalue weighted by atomic mass is 9.98. The van der Waals surface area contributed by atoms with Gasteiger partial charge in [0.05, 0.1) is 6.61 Å². The average Bonchev–Trinajstić information content (AvgIpc) is 2.53. The molecule has 4 heteroatoms. The van der Waals surface area contributed by atoms with Crippen LogP contribution < -0.4 is 10.1 Å². The number of anilines is 1. The summed E-state index contributed by atoms with van der Waals surface area (Å²) in [5.74, 6) is 1.39. The monoisotopic (exact) mass is 389 g/mol. The molecule has 3 nitrogen and oxygen atoms in total. The first-order valence-electron chi connectivity index (χ1n) is 8.24. The fraction of sp³-hybridized carbons (Fsp3) is 0.350. The van der Waals surface area contributed by atoms with E-state index >= 15 is 0 Å². The van der Waals surface area contributed by atoms with E-state index in [2.05, 4.69) is 54.2 Å². The maximum Gasteiger partial charge on any atom is 0.224 e. The number of ether oxygens (including phenoxy) is 1. The van der Waals surface area contributed by atoms with Gasteiger partial charge in [0.2, 0.25) is 5.91 Å². The van der Waals surface area contributed by atoms with E-state index in [0.717, 1.165) is 15.9 Å². The van der Waals surface area contributed by atoms with Crippen LogP contribution in [-0.4, -0.2) is 12.5 Å². The van der Waals surface area contributed by atoms with Crippen LogP contribution in [-0.2, 0) is 4.79 Å². The Balaban J connectivity index is 1.73. The Morgan fingerprint density at radius 3 is 2.50 bits per heavy atom. The third-order valence-electron chi connectivity index (χ3n) is 3.81. The molecule has 2 aromatic carbocycles. The maximum absolute atomic E-state index is 11.9. The lowest BCUT2D eigenvalue weighted by Gasteiger charge is -2.12. The number of amides is 1. The van der Waals surface area contributed by atoms with Crippen molar-refractivity contribution in [1.82, 2.24) is 0 Å². The molecule has 1 N–H and O–H groups in total. The van der Waals surface area contributed by atoms with E-state index in [1.807, 2.05) is 30.3 Å². The van der Waals surface area contributed by atoms with Gasteiger partial charge in [-0.15, -0.1) is 0 Å². The molecule has 0 aliphatic rings. The molecule has 0 radical (unpaired) electrons. The number of hydrogen-bond acceptors (Lipinski definition) is 2. The van der Waals surface area contributed by atoms with Gasteiger partial charge in [-0.1, -0.05) is 35.8 Å². The quantitative estimate of drug-likeness (QED) is 0.618. The molecule has 24 heavy (non-hydrogen) atoms. The molecule has 0 unspecified atom stereocenters. The molecule has 0 heterocycles. The summed E-state index contributed by atoms with van der Waals surface area (Å²) < 4.78 is 6.74. The van der Waals surface area contributed by atoms with Crippen LogP contribution >= 0.6 is 15.9 Å². The minimum absolute atomic E-state index is 0.00672. The maximum atomic E-state index is 11.9. The Morgan fingerprint density at radius 1 is 1.17 bits per heavy atom. The predicted octanol–water partition coefficient (Wildman–Crippen LogP) is 5.68. The van der Waals surface area contributed by atoms with E-state index < -0.39 is 0 Å². The second kappa shape index (κ2) is 8.88. The van der Waals surface area contributed by atoms with E-state index in [1.54, 1.807) is 0 Å². The second-order valence-electron chi connectivity index (χ2n) is 6.18. The van der Waals surface area contributed by atoms with Crippen LogP contribution in [0.2, 0.25) is 0 Å². The van der Waals surface area contributed by atoms with Crippen molar-refractivity contribution in [3.05, 3.63) is 58.1 Å². The summed E-state index contributed by atoms with van der Waals surface area (Å²) in [4.78, 5) is 11.9. The van der Waals surface area contributed by atoms with Crippen molar-refractivity contribution in [3.63, 3.8) is 0 Å². The lowest BCUT2D eigenvalue weighted by molar-refractivity contribution is -0.116. The van der Waals surface area contributed by atoms with E-state index in [9.17, 15) is 4.79 Å². The number of rotatable bonds is 7. The standard InChI is InChI=1S/C20H24BrNO2/c1-14(2)19-11-10-18(13-15(19)3)24-12-4-5-20(23)22-17-8-6-16(21)7-9-17/h6-11,13-14H,4-5,12H2,1-3H3,(H,22,23). The van der Waals surface area contributed by atoms with Gasteiger partial charge in [-0.2, -0.15) is 0 Å². The first-order chi connectivity index (χ1) is 11.5. The number of aryl methyl sites for hydroxylation is 1. The number of carbonyl (C=O) groups excluding carboxylic acids is 1. The number of hydrogen-bond donors (Lipinski definition) is 1. The van der Waals surface area contributed by atoms with Crippen LogP contribution in [0.3, 0.4) is 0 Å². The Kier molecular flexibility index (Phi) is 6.85. The van der Waals surface area contributed by atoms with Gasteiger partial charge in [0.15, 0.2) is 0 Å². The normalized spacial score (nSPS) is 10.7. The summed E-state index contributed by atoms with van der Waals surface area (Å²) >= 11 is 3.37. The summed E-state index contributed by atoms with van der Waals surface area (Å²) in [5, 5.41) is 2.88. The van der Waals surface area contributed by atoms with Gasteiger partial charge >= 0.3 is 0 Å². The zero-order valence-corrected chi connectivity index (χ0v) is 16.0. The number of halogens is 1. The van der Waals surface area contributed by atoms with Crippen molar-refractivity contribution < 1.29 is 9.53 Å².